The predicted octanol–water partition coefficient (Wildman–Crippen LogP) is 3.04. The van der Waals surface area contributed by atoms with Gasteiger partial charge in [-0.3, -0.25) is 14.4 Å². The fourth-order valence-electron chi connectivity index (χ4n) is 2.67. The van der Waals surface area contributed by atoms with Crippen molar-refractivity contribution in [3.05, 3.63) is 60.2 Å². The zero-order valence-electron chi connectivity index (χ0n) is 15.8. The first-order chi connectivity index (χ1) is 13.4. The summed E-state index contributed by atoms with van der Waals surface area (Å²) in [7, 11) is 1.27. The van der Waals surface area contributed by atoms with Crippen molar-refractivity contribution in [2.45, 2.75) is 13.3 Å². The van der Waals surface area contributed by atoms with E-state index in [0.29, 0.717) is 17.9 Å². The third-order valence-electron chi connectivity index (χ3n) is 4.10. The summed E-state index contributed by atoms with van der Waals surface area (Å²) in [4.78, 5) is 38.1. The lowest BCUT2D eigenvalue weighted by atomic mass is 9.99. The first kappa shape index (κ1) is 21.5. The Morgan fingerprint density at radius 1 is 1.07 bits per heavy atom. The Morgan fingerprint density at radius 2 is 1.71 bits per heavy atom. The lowest BCUT2D eigenvalue weighted by Gasteiger charge is -2.26. The molecule has 0 aliphatic carbocycles. The molecule has 1 amide bonds. The average Bonchev–Trinajstić information content (AvgIpc) is 2.70. The quantitative estimate of drug-likeness (QED) is 0.685. The van der Waals surface area contributed by atoms with Gasteiger partial charge in [-0.2, -0.15) is 0 Å². The van der Waals surface area contributed by atoms with Gasteiger partial charge in [0.05, 0.1) is 13.0 Å². The summed E-state index contributed by atoms with van der Waals surface area (Å²) in [5.74, 6) is -0.887. The molecule has 148 valence electrons. The maximum Gasteiger partial charge on any atom is 0.325 e. The number of aromatic hydroxyl groups is 1. The Balaban J connectivity index is 2.30. The fourth-order valence-corrected chi connectivity index (χ4v) is 3.37. The lowest BCUT2D eigenvalue weighted by Crippen LogP contribution is -2.41. The molecule has 1 atom stereocenters. The lowest BCUT2D eigenvalue weighted by molar-refractivity contribution is -0.140. The first-order valence-corrected chi connectivity index (χ1v) is 9.73. The SMILES string of the molecule is COC(=O)CN(C(=O)C(CSC(C)=O)Cc1ccc(O)cc1)c1ccccc1. The summed E-state index contributed by atoms with van der Waals surface area (Å²) in [5.41, 5.74) is 1.44. The Bertz CT molecular complexity index is 807. The fraction of sp³-hybridized carbons (Fsp3) is 0.286. The normalized spacial score (nSPS) is 11.5. The molecule has 0 aliphatic heterocycles. The van der Waals surface area contributed by atoms with Gasteiger partial charge in [-0.1, -0.05) is 42.1 Å². The number of ether oxygens (including phenoxy) is 1. The average molecular weight is 401 g/mol. The smallest absolute Gasteiger partial charge is 0.325 e. The van der Waals surface area contributed by atoms with Crippen LogP contribution in [0.5, 0.6) is 5.75 Å². The van der Waals surface area contributed by atoms with Gasteiger partial charge in [0.2, 0.25) is 5.91 Å². The summed E-state index contributed by atoms with van der Waals surface area (Å²) < 4.78 is 4.74. The third-order valence-corrected chi connectivity index (χ3v) is 5.08. The highest BCUT2D eigenvalue weighted by molar-refractivity contribution is 8.13. The number of phenolic OH excluding ortho intramolecular Hbond substituents is 1. The van der Waals surface area contributed by atoms with Gasteiger partial charge in [0.25, 0.3) is 0 Å². The van der Waals surface area contributed by atoms with E-state index in [-0.39, 0.29) is 23.3 Å². The van der Waals surface area contributed by atoms with Crippen LogP contribution in [0.4, 0.5) is 5.69 Å². The number of carbonyl (C=O) groups excluding carboxylic acids is 3. The van der Waals surface area contributed by atoms with Crippen LogP contribution in [0.1, 0.15) is 12.5 Å². The Morgan fingerprint density at radius 3 is 2.29 bits per heavy atom. The van der Waals surface area contributed by atoms with E-state index in [1.54, 1.807) is 48.5 Å². The second-order valence-corrected chi connectivity index (χ2v) is 7.40. The number of amides is 1. The van der Waals surface area contributed by atoms with Gasteiger partial charge in [0.15, 0.2) is 5.12 Å². The van der Waals surface area contributed by atoms with Crippen molar-refractivity contribution in [2.24, 2.45) is 5.92 Å². The zero-order valence-corrected chi connectivity index (χ0v) is 16.6. The molecule has 0 heterocycles. The number of esters is 1. The van der Waals surface area contributed by atoms with Crippen molar-refractivity contribution >= 4 is 34.4 Å². The molecule has 0 fully saturated rings. The highest BCUT2D eigenvalue weighted by Gasteiger charge is 2.28. The van der Waals surface area contributed by atoms with Crippen LogP contribution in [0.15, 0.2) is 54.6 Å². The molecule has 0 aliphatic rings. The Hall–Kier alpha value is -2.80. The molecular formula is C21H23NO5S. The molecule has 0 spiro atoms. The number of benzene rings is 2. The van der Waals surface area contributed by atoms with E-state index in [9.17, 15) is 19.5 Å². The number of methoxy groups -OCH3 is 1. The molecule has 1 N–H and O–H groups in total. The van der Waals surface area contributed by atoms with E-state index in [0.717, 1.165) is 17.3 Å². The number of para-hydroxylation sites is 1. The molecule has 0 saturated heterocycles. The van der Waals surface area contributed by atoms with Gasteiger partial charge in [-0.25, -0.2) is 0 Å². The van der Waals surface area contributed by atoms with Crippen LogP contribution in [0.25, 0.3) is 0 Å². The summed E-state index contributed by atoms with van der Waals surface area (Å²) in [6.45, 7) is 1.24. The minimum Gasteiger partial charge on any atom is -0.508 e. The van der Waals surface area contributed by atoms with Gasteiger partial charge in [-0.15, -0.1) is 0 Å². The van der Waals surface area contributed by atoms with E-state index in [1.807, 2.05) is 6.07 Å². The van der Waals surface area contributed by atoms with Crippen molar-refractivity contribution in [1.29, 1.82) is 0 Å². The predicted molar refractivity (Wildman–Crippen MR) is 109 cm³/mol. The number of carbonyl (C=O) groups is 3. The highest BCUT2D eigenvalue weighted by atomic mass is 32.2. The molecule has 7 heteroatoms. The van der Waals surface area contributed by atoms with Crippen LogP contribution in [-0.2, 0) is 25.5 Å². The van der Waals surface area contributed by atoms with E-state index in [2.05, 4.69) is 0 Å². The van der Waals surface area contributed by atoms with E-state index in [4.69, 9.17) is 4.74 Å². The molecule has 0 radical (unpaired) electrons. The maximum atomic E-state index is 13.3. The minimum atomic E-state index is -0.528. The standard InChI is InChI=1S/C21H23NO5S/c1-15(23)28-14-17(12-16-8-10-19(24)11-9-16)21(26)22(13-20(25)27-2)18-6-4-3-5-7-18/h3-11,17,24H,12-14H2,1-2H3. The van der Waals surface area contributed by atoms with Crippen LogP contribution in [0.2, 0.25) is 0 Å². The molecule has 1 unspecified atom stereocenters. The molecular weight excluding hydrogens is 378 g/mol. The molecule has 28 heavy (non-hydrogen) atoms. The summed E-state index contributed by atoms with van der Waals surface area (Å²) >= 11 is 1.08. The number of phenols is 1. The molecule has 0 bridgehead atoms. The number of hydrogen-bond donors (Lipinski definition) is 1. The molecule has 6 nitrogen and oxygen atoms in total. The van der Waals surface area contributed by atoms with Crippen LogP contribution in [-0.4, -0.2) is 41.5 Å². The van der Waals surface area contributed by atoms with Gasteiger partial charge in [0.1, 0.15) is 12.3 Å². The molecule has 0 aromatic heterocycles. The van der Waals surface area contributed by atoms with Crippen molar-refractivity contribution in [1.82, 2.24) is 0 Å². The monoisotopic (exact) mass is 401 g/mol. The zero-order chi connectivity index (χ0) is 20.5. The first-order valence-electron chi connectivity index (χ1n) is 8.75. The maximum absolute atomic E-state index is 13.3. The Kier molecular flexibility index (Phi) is 8.07. The van der Waals surface area contributed by atoms with E-state index < -0.39 is 11.9 Å². The second kappa shape index (κ2) is 10.5. The van der Waals surface area contributed by atoms with Crippen LogP contribution >= 0.6 is 11.8 Å². The number of nitrogens with zero attached hydrogens (tertiary/aromatic N) is 1. The number of thioether (sulfide) groups is 1. The molecule has 2 rings (SSSR count). The van der Waals surface area contributed by atoms with Crippen LogP contribution < -0.4 is 4.90 Å². The topological polar surface area (TPSA) is 83.9 Å². The largest absolute Gasteiger partial charge is 0.508 e. The number of hydrogen-bond acceptors (Lipinski definition) is 6. The van der Waals surface area contributed by atoms with Gasteiger partial charge >= 0.3 is 5.97 Å². The Labute approximate surface area is 168 Å². The summed E-state index contributed by atoms with van der Waals surface area (Å²) in [5, 5.41) is 9.38. The third kappa shape index (κ3) is 6.42. The van der Waals surface area contributed by atoms with Gasteiger partial charge in [-0.05, 0) is 36.2 Å². The van der Waals surface area contributed by atoms with Crippen molar-refractivity contribution < 1.29 is 24.2 Å². The van der Waals surface area contributed by atoms with Gasteiger partial charge < -0.3 is 14.7 Å². The minimum absolute atomic E-state index is 0.0808. The van der Waals surface area contributed by atoms with Crippen molar-refractivity contribution in [3.63, 3.8) is 0 Å². The van der Waals surface area contributed by atoms with Crippen molar-refractivity contribution in [2.75, 3.05) is 24.3 Å². The van der Waals surface area contributed by atoms with E-state index in [1.165, 1.54) is 18.9 Å². The summed E-state index contributed by atoms with van der Waals surface area (Å²) in [6, 6.07) is 15.5. The number of rotatable bonds is 8. The molecule has 0 saturated carbocycles. The number of anilines is 1. The summed E-state index contributed by atoms with van der Waals surface area (Å²) in [6.07, 6.45) is 0.379. The molecule has 2 aromatic carbocycles. The van der Waals surface area contributed by atoms with Crippen LogP contribution in [0, 0.1) is 5.92 Å². The van der Waals surface area contributed by atoms with Crippen LogP contribution in [0.3, 0.4) is 0 Å². The highest BCUT2D eigenvalue weighted by Crippen LogP contribution is 2.23. The van der Waals surface area contributed by atoms with Gasteiger partial charge in [0, 0.05) is 18.4 Å². The molecule has 2 aromatic rings. The van der Waals surface area contributed by atoms with E-state index >= 15 is 0 Å². The van der Waals surface area contributed by atoms with Crippen molar-refractivity contribution in [3.8, 4) is 5.75 Å². The second-order valence-electron chi connectivity index (χ2n) is 6.21.